The normalized spacial score (nSPS) is 13.4. The number of ether oxygens (including phenoxy) is 1. The molecular weight excluding hydrogens is 614 g/mol. The summed E-state index contributed by atoms with van der Waals surface area (Å²) < 4.78 is 92.4. The minimum atomic E-state index is -5.02. The average molecular weight is 640 g/mol. The van der Waals surface area contributed by atoms with E-state index in [9.17, 15) is 31.0 Å². The average Bonchev–Trinajstić information content (AvgIpc) is 3.38. The lowest BCUT2D eigenvalue weighted by molar-refractivity contribution is -0.697. The lowest BCUT2D eigenvalue weighted by atomic mass is 10.1. The Hall–Kier alpha value is -3.47. The van der Waals surface area contributed by atoms with Crippen molar-refractivity contribution < 1.29 is 44.9 Å². The molecule has 4 aromatic rings. The molecule has 0 spiro atoms. The molecule has 0 bridgehead atoms. The van der Waals surface area contributed by atoms with E-state index in [0.29, 0.717) is 28.5 Å². The number of nitrogens with zero attached hydrogens (tertiary/aromatic N) is 2. The van der Waals surface area contributed by atoms with E-state index < -0.39 is 47.0 Å². The van der Waals surface area contributed by atoms with Crippen molar-refractivity contribution in [2.75, 3.05) is 12.9 Å². The van der Waals surface area contributed by atoms with Gasteiger partial charge >= 0.3 is 6.18 Å². The third kappa shape index (κ3) is 8.53. The largest absolute Gasteiger partial charge is 0.768 e. The highest BCUT2D eigenvalue weighted by molar-refractivity contribution is 7.92. The zero-order valence-corrected chi connectivity index (χ0v) is 24.4. The van der Waals surface area contributed by atoms with Crippen LogP contribution in [0.4, 0.5) is 13.2 Å². The van der Waals surface area contributed by atoms with Crippen LogP contribution in [-0.2, 0) is 27.3 Å². The molecule has 0 aliphatic rings. The van der Waals surface area contributed by atoms with Crippen LogP contribution in [0.2, 0.25) is 0 Å². The number of halogens is 3. The van der Waals surface area contributed by atoms with E-state index in [2.05, 4.69) is 9.09 Å². The quantitative estimate of drug-likeness (QED) is 0.121. The maximum absolute atomic E-state index is 13.2. The number of fused-ring (bicyclic) bond motifs is 1. The molecule has 222 valence electrons. The first-order valence-electron chi connectivity index (χ1n) is 12.6. The van der Waals surface area contributed by atoms with E-state index in [-0.39, 0.29) is 4.21 Å². The van der Waals surface area contributed by atoms with Gasteiger partial charge in [0.05, 0.1) is 30.1 Å². The number of sulfonamides is 1. The van der Waals surface area contributed by atoms with Crippen LogP contribution in [0.15, 0.2) is 77.3 Å². The first-order chi connectivity index (χ1) is 19.9. The highest BCUT2D eigenvalue weighted by Gasteiger charge is 2.34. The van der Waals surface area contributed by atoms with Crippen LogP contribution < -0.4 is 23.4 Å². The Morgan fingerprint density at radius 2 is 1.76 bits per heavy atom. The molecule has 4 rings (SSSR count). The van der Waals surface area contributed by atoms with Crippen molar-refractivity contribution in [2.45, 2.75) is 36.2 Å². The molecule has 0 fully saturated rings. The van der Waals surface area contributed by atoms with Gasteiger partial charge in [0.1, 0.15) is 22.3 Å². The van der Waals surface area contributed by atoms with Gasteiger partial charge in [-0.1, -0.05) is 6.07 Å². The zero-order valence-electron chi connectivity index (χ0n) is 21.9. The Kier molecular flexibility index (Phi) is 9.91. The van der Waals surface area contributed by atoms with E-state index in [1.807, 2.05) is 35.3 Å². The molecular formula is C27H25F3N3O6PS2. The van der Waals surface area contributed by atoms with Gasteiger partial charge in [-0.25, -0.2) is 17.7 Å². The Bertz CT molecular complexity index is 1740. The fraction of sp³-hybridized carbons (Fsp3) is 0.259. The molecule has 1 atom stereocenters. The number of pyridine rings is 1. The van der Waals surface area contributed by atoms with Gasteiger partial charge in [0, 0.05) is 23.3 Å². The second kappa shape index (κ2) is 13.2. The van der Waals surface area contributed by atoms with Gasteiger partial charge in [0.2, 0.25) is 0 Å². The predicted octanol–water partition coefficient (Wildman–Crippen LogP) is 5.20. The van der Waals surface area contributed by atoms with Crippen LogP contribution in [0.5, 0.6) is 11.5 Å². The van der Waals surface area contributed by atoms with Gasteiger partial charge in [-0.15, -0.1) is 11.3 Å². The second-order valence-corrected chi connectivity index (χ2v) is 13.9. The van der Waals surface area contributed by atoms with Gasteiger partial charge in [-0.3, -0.25) is 4.57 Å². The van der Waals surface area contributed by atoms with Crippen molar-refractivity contribution >= 4 is 39.0 Å². The van der Waals surface area contributed by atoms with E-state index in [0.717, 1.165) is 49.3 Å². The number of nitriles is 1. The Labute approximate surface area is 244 Å². The number of benzene rings is 2. The summed E-state index contributed by atoms with van der Waals surface area (Å²) in [6, 6.07) is 15.8. The monoisotopic (exact) mass is 639 g/mol. The van der Waals surface area contributed by atoms with Crippen molar-refractivity contribution in [3.8, 4) is 17.6 Å². The summed E-state index contributed by atoms with van der Waals surface area (Å²) >= 11 is 0.905. The highest BCUT2D eigenvalue weighted by atomic mass is 32.2. The summed E-state index contributed by atoms with van der Waals surface area (Å²) in [4.78, 5) is 12.4. The molecule has 0 amide bonds. The molecule has 9 nitrogen and oxygen atoms in total. The molecule has 0 aliphatic heterocycles. The van der Waals surface area contributed by atoms with Crippen molar-refractivity contribution in [1.82, 2.24) is 4.72 Å². The van der Waals surface area contributed by atoms with Crippen LogP contribution in [-0.4, -0.2) is 21.3 Å². The molecule has 2 heterocycles. The minimum absolute atomic E-state index is 0.161. The Balaban J connectivity index is 1.32. The Morgan fingerprint density at radius 1 is 1.02 bits per heavy atom. The molecule has 1 N–H and O–H groups in total. The van der Waals surface area contributed by atoms with E-state index in [1.165, 1.54) is 12.1 Å². The third-order valence-electron chi connectivity index (χ3n) is 5.95. The van der Waals surface area contributed by atoms with Gasteiger partial charge in [0.25, 0.3) is 10.0 Å². The maximum Gasteiger partial charge on any atom is 0.417 e. The summed E-state index contributed by atoms with van der Waals surface area (Å²) in [5, 5.41) is 9.47. The van der Waals surface area contributed by atoms with Crippen molar-refractivity contribution in [1.29, 1.82) is 5.26 Å². The molecule has 1 unspecified atom stereocenters. The standard InChI is InChI=1S/C27H25F3N3O6PS2/c28-27(29,30)24-16-23(10-8-21(24)18-31)39-40(34,35)19-32-42(36,37)26-15-20-7-9-22(17-25(20)41-26)38-14-6-2-5-13-33-11-3-1-4-12-33/h1,3-4,7-12,15-17,32H,2,5-6,13-14,19H2. The van der Waals surface area contributed by atoms with Crippen LogP contribution >= 0.6 is 18.9 Å². The number of aromatic nitrogens is 1. The van der Waals surface area contributed by atoms with E-state index in [4.69, 9.17) is 10.00 Å². The highest BCUT2D eigenvalue weighted by Crippen LogP contribution is 2.41. The number of aryl methyl sites for hydroxylation is 1. The summed E-state index contributed by atoms with van der Waals surface area (Å²) in [5.74, 6) is -0.139. The van der Waals surface area contributed by atoms with Crippen molar-refractivity contribution in [3.05, 3.63) is 84.2 Å². The number of unbranched alkanes of at least 4 members (excludes halogenated alkanes) is 2. The molecule has 0 aliphatic carbocycles. The van der Waals surface area contributed by atoms with E-state index in [1.54, 1.807) is 18.2 Å². The summed E-state index contributed by atoms with van der Waals surface area (Å²) in [6.45, 7) is 1.40. The molecule has 2 aromatic heterocycles. The number of alkyl halides is 3. The second-order valence-electron chi connectivity index (χ2n) is 9.11. The topological polar surface area (TPSA) is 132 Å². The number of rotatable bonds is 13. The zero-order chi connectivity index (χ0) is 30.4. The fourth-order valence-electron chi connectivity index (χ4n) is 3.90. The number of hydrogen-bond acceptors (Lipinski definition) is 8. The molecule has 2 aromatic carbocycles. The summed E-state index contributed by atoms with van der Waals surface area (Å²) in [6.07, 6.45) is 0.707. The molecule has 0 radical (unpaired) electrons. The SMILES string of the molecule is N#Cc1ccc(OP(=O)([O-])CNS(=O)(=O)c2cc3ccc(OCCCCC[n+]4ccccc4)cc3s2)cc1C(F)(F)F. The predicted molar refractivity (Wildman–Crippen MR) is 147 cm³/mol. The molecule has 15 heteroatoms. The Morgan fingerprint density at radius 3 is 2.48 bits per heavy atom. The van der Waals surface area contributed by atoms with Crippen molar-refractivity contribution in [2.24, 2.45) is 0 Å². The van der Waals surface area contributed by atoms with Gasteiger partial charge in [0.15, 0.2) is 20.0 Å². The van der Waals surface area contributed by atoms with Gasteiger partial charge < -0.3 is 14.2 Å². The van der Waals surface area contributed by atoms with Crippen molar-refractivity contribution in [3.63, 3.8) is 0 Å². The van der Waals surface area contributed by atoms with Crippen LogP contribution in [0.25, 0.3) is 10.1 Å². The van der Waals surface area contributed by atoms with Crippen LogP contribution in [0, 0.1) is 11.3 Å². The maximum atomic E-state index is 13.2. The summed E-state index contributed by atoms with van der Waals surface area (Å²) in [5.41, 5.74) is -2.09. The minimum Gasteiger partial charge on any atom is -0.768 e. The molecule has 42 heavy (non-hydrogen) atoms. The van der Waals surface area contributed by atoms with Crippen LogP contribution in [0.3, 0.4) is 0 Å². The molecule has 0 saturated heterocycles. The van der Waals surface area contributed by atoms with Gasteiger partial charge in [-0.2, -0.15) is 18.4 Å². The number of hydrogen-bond donors (Lipinski definition) is 1. The van der Waals surface area contributed by atoms with Gasteiger partial charge in [-0.05, 0) is 60.7 Å². The molecule has 0 saturated carbocycles. The summed E-state index contributed by atoms with van der Waals surface area (Å²) in [7, 11) is -9.32. The third-order valence-corrected chi connectivity index (χ3v) is 10.2. The lowest BCUT2D eigenvalue weighted by Crippen LogP contribution is -2.32. The smallest absolute Gasteiger partial charge is 0.417 e. The number of nitrogens with one attached hydrogen (secondary N) is 1. The van der Waals surface area contributed by atoms with E-state index >= 15 is 0 Å². The number of thiophene rings is 1. The fourth-order valence-corrected chi connectivity index (χ4v) is 7.84. The lowest BCUT2D eigenvalue weighted by Gasteiger charge is -2.24. The first kappa shape index (κ1) is 31.5. The first-order valence-corrected chi connectivity index (χ1v) is 16.6. The van der Waals surface area contributed by atoms with Crippen LogP contribution in [0.1, 0.15) is 30.4 Å².